The van der Waals surface area contributed by atoms with Crippen molar-refractivity contribution in [3.05, 3.63) is 54.1 Å². The maximum atomic E-state index is 3.24. The predicted molar refractivity (Wildman–Crippen MR) is 80.7 cm³/mol. The molecule has 0 fully saturated rings. The Labute approximate surface area is 114 Å². The van der Waals surface area contributed by atoms with Gasteiger partial charge in [-0.25, -0.2) is 0 Å². The molecular weight excluding hydrogens is 236 g/mol. The van der Waals surface area contributed by atoms with E-state index in [1.807, 2.05) is 23.9 Å². The normalized spacial score (nSPS) is 14.6. The summed E-state index contributed by atoms with van der Waals surface area (Å²) >= 11 is 1.88. The van der Waals surface area contributed by atoms with Crippen LogP contribution in [0.1, 0.15) is 26.3 Å². The number of thioether (sulfide) groups is 1. The minimum absolute atomic E-state index is 0.257. The van der Waals surface area contributed by atoms with Crippen molar-refractivity contribution in [3.8, 4) is 11.8 Å². The van der Waals surface area contributed by atoms with Crippen molar-refractivity contribution < 1.29 is 0 Å². The van der Waals surface area contributed by atoms with E-state index in [0.717, 1.165) is 5.56 Å². The van der Waals surface area contributed by atoms with Gasteiger partial charge >= 0.3 is 0 Å². The van der Waals surface area contributed by atoms with E-state index in [-0.39, 0.29) is 10.7 Å². The number of hydrogen-bond donors (Lipinski definition) is 0. The van der Waals surface area contributed by atoms with E-state index in [4.69, 9.17) is 0 Å². The Morgan fingerprint density at radius 3 is 2.17 bits per heavy atom. The van der Waals surface area contributed by atoms with Gasteiger partial charge < -0.3 is 0 Å². The van der Waals surface area contributed by atoms with Gasteiger partial charge in [0.2, 0.25) is 0 Å². The monoisotopic (exact) mass is 254 g/mol. The summed E-state index contributed by atoms with van der Waals surface area (Å²) in [6.45, 7) is 6.68. The van der Waals surface area contributed by atoms with Crippen LogP contribution in [0.4, 0.5) is 0 Å². The summed E-state index contributed by atoms with van der Waals surface area (Å²) in [7, 11) is 0. The van der Waals surface area contributed by atoms with Gasteiger partial charge in [-0.2, -0.15) is 0 Å². The summed E-state index contributed by atoms with van der Waals surface area (Å²) in [5, 5.41) is 0. The van der Waals surface area contributed by atoms with Crippen molar-refractivity contribution in [1.29, 1.82) is 0 Å². The van der Waals surface area contributed by atoms with E-state index in [0.29, 0.717) is 0 Å². The molecule has 1 aromatic rings. The second-order valence-corrected chi connectivity index (χ2v) is 7.20. The van der Waals surface area contributed by atoms with Gasteiger partial charge in [-0.3, -0.25) is 0 Å². The van der Waals surface area contributed by atoms with E-state index < -0.39 is 0 Å². The molecule has 0 amide bonds. The zero-order valence-corrected chi connectivity index (χ0v) is 11.9. The lowest BCUT2D eigenvalue weighted by Crippen LogP contribution is -2.06. The van der Waals surface area contributed by atoms with Gasteiger partial charge in [0.15, 0.2) is 0 Å². The van der Waals surface area contributed by atoms with E-state index in [2.05, 4.69) is 69.0 Å². The van der Waals surface area contributed by atoms with Crippen molar-refractivity contribution in [1.82, 2.24) is 0 Å². The third kappa shape index (κ3) is 4.13. The maximum absolute atomic E-state index is 3.24. The first-order valence-corrected chi connectivity index (χ1v) is 7.00. The van der Waals surface area contributed by atoms with Crippen LogP contribution in [0.5, 0.6) is 0 Å². The highest BCUT2D eigenvalue weighted by atomic mass is 32.2. The summed E-state index contributed by atoms with van der Waals surface area (Å²) in [5.41, 5.74) is 1.09. The number of hydrogen-bond acceptors (Lipinski definition) is 1. The Hall–Kier alpha value is -1.39. The van der Waals surface area contributed by atoms with Crippen LogP contribution in [0.15, 0.2) is 53.5 Å². The third-order valence-corrected chi connectivity index (χ3v) is 3.53. The van der Waals surface area contributed by atoms with Crippen LogP contribution in [-0.4, -0.2) is 4.75 Å². The zero-order valence-electron chi connectivity index (χ0n) is 11.1. The first kappa shape index (κ1) is 13.1. The fourth-order valence-electron chi connectivity index (χ4n) is 1.65. The Kier molecular flexibility index (Phi) is 3.99. The van der Waals surface area contributed by atoms with Crippen molar-refractivity contribution >= 4 is 11.8 Å². The van der Waals surface area contributed by atoms with Gasteiger partial charge in [0.1, 0.15) is 0 Å². The largest absolute Gasteiger partial charge is 0.120 e. The molecule has 0 spiro atoms. The third-order valence-electron chi connectivity index (χ3n) is 2.41. The molecular formula is C17H18S. The molecule has 0 unspecified atom stereocenters. The Balaban J connectivity index is 2.03. The van der Waals surface area contributed by atoms with Gasteiger partial charge in [-0.1, -0.05) is 56.9 Å². The van der Waals surface area contributed by atoms with Gasteiger partial charge in [-0.05, 0) is 24.3 Å². The Morgan fingerprint density at radius 2 is 1.61 bits per heavy atom. The topological polar surface area (TPSA) is 0 Å². The minimum atomic E-state index is 0.257. The van der Waals surface area contributed by atoms with Gasteiger partial charge in [0.05, 0.1) is 5.92 Å². The van der Waals surface area contributed by atoms with Crippen LogP contribution in [-0.2, 0) is 0 Å². The molecule has 1 aliphatic carbocycles. The fourth-order valence-corrected chi connectivity index (χ4v) is 2.63. The molecule has 0 saturated carbocycles. The van der Waals surface area contributed by atoms with Gasteiger partial charge in [-0.15, -0.1) is 11.8 Å². The molecule has 0 aliphatic heterocycles. The molecule has 0 heterocycles. The van der Waals surface area contributed by atoms with Crippen LogP contribution in [0.25, 0.3) is 0 Å². The van der Waals surface area contributed by atoms with Crippen LogP contribution in [0.2, 0.25) is 0 Å². The lowest BCUT2D eigenvalue weighted by atomic mass is 10.1. The highest BCUT2D eigenvalue weighted by Crippen LogP contribution is 2.31. The molecule has 0 aromatic heterocycles. The summed E-state index contributed by atoms with van der Waals surface area (Å²) in [6.07, 6.45) is 8.30. The van der Waals surface area contributed by atoms with E-state index >= 15 is 0 Å². The molecule has 1 aromatic carbocycles. The molecule has 0 radical (unpaired) electrons. The number of rotatable bonds is 1. The first-order chi connectivity index (χ1) is 8.53. The van der Waals surface area contributed by atoms with Crippen LogP contribution in [0, 0.1) is 17.8 Å². The summed E-state index contributed by atoms with van der Waals surface area (Å²) in [4.78, 5) is 1.30. The number of benzene rings is 1. The van der Waals surface area contributed by atoms with E-state index in [1.165, 1.54) is 4.90 Å². The summed E-state index contributed by atoms with van der Waals surface area (Å²) in [5.74, 6) is 6.74. The fraction of sp³-hybridized carbons (Fsp3) is 0.294. The van der Waals surface area contributed by atoms with Crippen molar-refractivity contribution in [2.24, 2.45) is 5.92 Å². The van der Waals surface area contributed by atoms with Crippen molar-refractivity contribution in [2.75, 3.05) is 0 Å². The second kappa shape index (κ2) is 5.50. The quantitative estimate of drug-likeness (QED) is 0.518. The maximum Gasteiger partial charge on any atom is 0.0573 e. The average molecular weight is 254 g/mol. The molecule has 2 rings (SSSR count). The van der Waals surface area contributed by atoms with Gasteiger partial charge in [0, 0.05) is 15.2 Å². The molecule has 0 bridgehead atoms. The summed E-state index contributed by atoms with van der Waals surface area (Å²) in [6, 6.07) is 8.51. The average Bonchev–Trinajstić information content (AvgIpc) is 2.79. The highest BCUT2D eigenvalue weighted by molar-refractivity contribution is 8.00. The number of allylic oxidation sites excluding steroid dienone is 4. The minimum Gasteiger partial charge on any atom is -0.120 e. The van der Waals surface area contributed by atoms with Crippen molar-refractivity contribution in [3.63, 3.8) is 0 Å². The van der Waals surface area contributed by atoms with Gasteiger partial charge in [0.25, 0.3) is 0 Å². The molecule has 0 nitrogen and oxygen atoms in total. The summed E-state index contributed by atoms with van der Waals surface area (Å²) < 4.78 is 0.257. The molecule has 0 N–H and O–H groups in total. The molecule has 92 valence electrons. The lowest BCUT2D eigenvalue weighted by molar-refractivity contribution is 0.803. The second-order valence-electron chi connectivity index (χ2n) is 5.30. The molecule has 0 saturated heterocycles. The van der Waals surface area contributed by atoms with E-state index in [1.54, 1.807) is 0 Å². The molecule has 0 atom stereocenters. The lowest BCUT2D eigenvalue weighted by Gasteiger charge is -2.17. The Morgan fingerprint density at radius 1 is 1.00 bits per heavy atom. The van der Waals surface area contributed by atoms with E-state index in [9.17, 15) is 0 Å². The first-order valence-electron chi connectivity index (χ1n) is 6.18. The predicted octanol–water partition coefficient (Wildman–Crippen LogP) is 4.67. The smallest absolute Gasteiger partial charge is 0.0573 e. The zero-order chi connectivity index (χ0) is 13.0. The van der Waals surface area contributed by atoms with Crippen LogP contribution < -0.4 is 0 Å². The van der Waals surface area contributed by atoms with Crippen LogP contribution in [0.3, 0.4) is 0 Å². The Bertz CT molecular complexity index is 503. The molecule has 1 heteroatoms. The SMILES string of the molecule is CC(C)(C)Sc1ccc(C#CC2C=CC=C2)cc1. The van der Waals surface area contributed by atoms with Crippen LogP contribution >= 0.6 is 11.8 Å². The van der Waals surface area contributed by atoms with Crippen molar-refractivity contribution in [2.45, 2.75) is 30.4 Å². The molecule has 1 aliphatic rings. The highest BCUT2D eigenvalue weighted by Gasteiger charge is 2.11. The molecule has 18 heavy (non-hydrogen) atoms. The standard InChI is InChI=1S/C17H18S/c1-17(2,3)18-16-12-10-15(11-13-16)9-8-14-6-4-5-7-14/h4-7,10-14H,1-3H3.